The molecule has 2 aromatic heterocycles. The van der Waals surface area contributed by atoms with Crippen LogP contribution in [0.15, 0.2) is 205 Å². The van der Waals surface area contributed by atoms with Gasteiger partial charge in [0.25, 0.3) is 0 Å². The van der Waals surface area contributed by atoms with E-state index in [0.29, 0.717) is 0 Å². The normalized spacial score (nSPS) is 11.6. The summed E-state index contributed by atoms with van der Waals surface area (Å²) in [5, 5.41) is 7.50. The van der Waals surface area contributed by atoms with Gasteiger partial charge in [-0.2, -0.15) is 0 Å². The molecule has 0 saturated heterocycles. The van der Waals surface area contributed by atoms with Gasteiger partial charge in [0.1, 0.15) is 11.2 Å². The van der Waals surface area contributed by atoms with Gasteiger partial charge in [0.05, 0.1) is 0 Å². The molecule has 11 aromatic rings. The molecule has 0 atom stereocenters. The minimum Gasteiger partial charge on any atom is -0.456 e. The molecule has 9 aromatic carbocycles. The number of fused-ring (bicyclic) bond motifs is 8. The summed E-state index contributed by atoms with van der Waals surface area (Å²) in [7, 11) is 0. The fourth-order valence-corrected chi connectivity index (χ4v) is 9.56. The Morgan fingerprint density at radius 3 is 1.80 bits per heavy atom. The van der Waals surface area contributed by atoms with Crippen molar-refractivity contribution in [2.45, 2.75) is 0 Å². The summed E-state index contributed by atoms with van der Waals surface area (Å²) in [5.41, 5.74) is 12.2. The number of rotatable bonds is 6. The molecule has 0 aliphatic carbocycles. The Hall–Kier alpha value is -6.94. The monoisotopic (exact) mass is 719 g/mol. The van der Waals surface area contributed by atoms with E-state index in [2.05, 4.69) is 193 Å². The van der Waals surface area contributed by atoms with Crippen LogP contribution in [0, 0.1) is 0 Å². The van der Waals surface area contributed by atoms with Crippen molar-refractivity contribution >= 4 is 81.3 Å². The van der Waals surface area contributed by atoms with E-state index in [4.69, 9.17) is 4.42 Å². The smallest absolute Gasteiger partial charge is 0.136 e. The number of benzene rings is 9. The lowest BCUT2D eigenvalue weighted by Crippen LogP contribution is -2.10. The summed E-state index contributed by atoms with van der Waals surface area (Å²) < 4.78 is 8.94. The predicted molar refractivity (Wildman–Crippen MR) is 235 cm³/mol. The van der Waals surface area contributed by atoms with Crippen LogP contribution in [0.25, 0.3) is 86.3 Å². The van der Waals surface area contributed by atoms with Crippen molar-refractivity contribution in [2.24, 2.45) is 0 Å². The van der Waals surface area contributed by atoms with E-state index in [1.165, 1.54) is 53.2 Å². The van der Waals surface area contributed by atoms with E-state index in [1.54, 1.807) is 0 Å². The maximum atomic E-state index is 6.28. The minimum atomic E-state index is 0.898. The summed E-state index contributed by atoms with van der Waals surface area (Å²) in [6.07, 6.45) is 0. The molecule has 3 heteroatoms. The zero-order chi connectivity index (χ0) is 36.3. The van der Waals surface area contributed by atoms with Gasteiger partial charge < -0.3 is 9.32 Å². The summed E-state index contributed by atoms with van der Waals surface area (Å²) in [5.74, 6) is 0. The van der Waals surface area contributed by atoms with Crippen molar-refractivity contribution in [3.05, 3.63) is 200 Å². The Bertz CT molecular complexity index is 3190. The highest BCUT2D eigenvalue weighted by Gasteiger charge is 2.18. The minimum absolute atomic E-state index is 0.898. The Balaban J connectivity index is 1.04. The lowest BCUT2D eigenvalue weighted by molar-refractivity contribution is 0.669. The number of para-hydroxylation sites is 1. The first-order chi connectivity index (χ1) is 27.3. The van der Waals surface area contributed by atoms with Gasteiger partial charge in [-0.3, -0.25) is 0 Å². The molecule has 2 nitrogen and oxygen atoms in total. The van der Waals surface area contributed by atoms with Crippen LogP contribution in [0.2, 0.25) is 0 Å². The first kappa shape index (κ1) is 31.6. The third-order valence-corrected chi connectivity index (χ3v) is 12.1. The maximum Gasteiger partial charge on any atom is 0.136 e. The molecule has 0 aliphatic heterocycles. The van der Waals surface area contributed by atoms with Gasteiger partial charge in [-0.05, 0) is 98.8 Å². The first-order valence-corrected chi connectivity index (χ1v) is 19.5. The van der Waals surface area contributed by atoms with Crippen molar-refractivity contribution in [2.75, 3.05) is 4.90 Å². The largest absolute Gasteiger partial charge is 0.456 e. The Kier molecular flexibility index (Phi) is 7.39. The van der Waals surface area contributed by atoms with Crippen LogP contribution in [-0.2, 0) is 0 Å². The second-order valence-corrected chi connectivity index (χ2v) is 15.1. The van der Waals surface area contributed by atoms with Crippen LogP contribution < -0.4 is 4.90 Å². The average Bonchev–Trinajstić information content (AvgIpc) is 3.84. The molecule has 55 heavy (non-hydrogen) atoms. The van der Waals surface area contributed by atoms with Crippen molar-refractivity contribution in [1.29, 1.82) is 0 Å². The fourth-order valence-electron chi connectivity index (χ4n) is 8.29. The summed E-state index contributed by atoms with van der Waals surface area (Å²) in [4.78, 5) is 2.36. The van der Waals surface area contributed by atoms with E-state index < -0.39 is 0 Å². The zero-order valence-corrected chi connectivity index (χ0v) is 30.6. The van der Waals surface area contributed by atoms with Gasteiger partial charge in [0.2, 0.25) is 0 Å². The van der Waals surface area contributed by atoms with Crippen LogP contribution in [0.5, 0.6) is 0 Å². The molecule has 258 valence electrons. The van der Waals surface area contributed by atoms with E-state index in [9.17, 15) is 0 Å². The highest BCUT2D eigenvalue weighted by Crippen LogP contribution is 2.45. The van der Waals surface area contributed by atoms with Crippen LogP contribution in [-0.4, -0.2) is 0 Å². The van der Waals surface area contributed by atoms with Gasteiger partial charge in [0, 0.05) is 48.0 Å². The average molecular weight is 720 g/mol. The first-order valence-electron chi connectivity index (χ1n) is 18.7. The van der Waals surface area contributed by atoms with Crippen LogP contribution in [0.4, 0.5) is 17.1 Å². The summed E-state index contributed by atoms with van der Waals surface area (Å²) in [6.45, 7) is 0. The van der Waals surface area contributed by atoms with Gasteiger partial charge in [-0.1, -0.05) is 146 Å². The maximum absolute atomic E-state index is 6.28. The Labute approximate surface area is 322 Å². The van der Waals surface area contributed by atoms with E-state index in [-0.39, 0.29) is 0 Å². The third-order valence-electron chi connectivity index (χ3n) is 10.9. The number of furan rings is 1. The second-order valence-electron chi connectivity index (χ2n) is 14.1. The van der Waals surface area contributed by atoms with Crippen molar-refractivity contribution in [3.8, 4) is 33.4 Å². The van der Waals surface area contributed by atoms with Crippen LogP contribution >= 0.6 is 11.3 Å². The van der Waals surface area contributed by atoms with Crippen molar-refractivity contribution in [3.63, 3.8) is 0 Å². The lowest BCUT2D eigenvalue weighted by atomic mass is 9.97. The molecule has 0 saturated carbocycles. The molecule has 0 amide bonds. The van der Waals surface area contributed by atoms with Gasteiger partial charge >= 0.3 is 0 Å². The third kappa shape index (κ3) is 5.32. The van der Waals surface area contributed by atoms with Crippen molar-refractivity contribution < 1.29 is 4.42 Å². The topological polar surface area (TPSA) is 16.4 Å². The molecule has 11 rings (SSSR count). The van der Waals surface area contributed by atoms with Gasteiger partial charge in [-0.25, -0.2) is 0 Å². The highest BCUT2D eigenvalue weighted by molar-refractivity contribution is 7.26. The quantitative estimate of drug-likeness (QED) is 0.170. The van der Waals surface area contributed by atoms with Gasteiger partial charge in [0.15, 0.2) is 0 Å². The van der Waals surface area contributed by atoms with Crippen LogP contribution in [0.3, 0.4) is 0 Å². The van der Waals surface area contributed by atoms with E-state index in [0.717, 1.165) is 50.1 Å². The highest BCUT2D eigenvalue weighted by atomic mass is 32.1. The van der Waals surface area contributed by atoms with E-state index >= 15 is 0 Å². The Morgan fingerprint density at radius 2 is 0.982 bits per heavy atom. The van der Waals surface area contributed by atoms with Crippen molar-refractivity contribution in [1.82, 2.24) is 0 Å². The molecular weight excluding hydrogens is 687 g/mol. The Morgan fingerprint density at radius 1 is 0.364 bits per heavy atom. The number of hydrogen-bond donors (Lipinski definition) is 0. The molecule has 0 N–H and O–H groups in total. The zero-order valence-electron chi connectivity index (χ0n) is 29.8. The molecule has 0 fully saturated rings. The standard InChI is InChI=1S/C52H33NOS/c1-2-11-34(12-3-1)35-23-28-39(29-24-35)53(41-15-8-14-38(33-41)43-18-9-21-48-50(43)45-17-6-7-20-47(45)54-48)40-30-25-37(26-31-40)42-19-10-22-49-51(42)46-32-27-36-13-4-5-16-44(36)52(46)55-49/h1-33H. The second kappa shape index (κ2) is 12.9. The molecule has 0 unspecified atom stereocenters. The molecule has 0 spiro atoms. The summed E-state index contributed by atoms with van der Waals surface area (Å²) >= 11 is 1.89. The molecule has 0 bridgehead atoms. The number of anilines is 3. The van der Waals surface area contributed by atoms with E-state index in [1.807, 2.05) is 23.5 Å². The molecule has 2 heterocycles. The van der Waals surface area contributed by atoms with Gasteiger partial charge in [-0.15, -0.1) is 11.3 Å². The number of thiophene rings is 1. The predicted octanol–water partition coefficient (Wildman–Crippen LogP) is 15.6. The SMILES string of the molecule is c1ccc(-c2ccc(N(c3ccc(-c4cccc5sc6c7ccccc7ccc6c45)cc3)c3cccc(-c4cccc5oc6ccccc6c45)c3)cc2)cc1. The molecule has 0 aliphatic rings. The number of hydrogen-bond acceptors (Lipinski definition) is 3. The summed E-state index contributed by atoms with van der Waals surface area (Å²) in [6, 6.07) is 72.1. The van der Waals surface area contributed by atoms with Crippen LogP contribution in [0.1, 0.15) is 0 Å². The molecular formula is C52H33NOS. The molecule has 0 radical (unpaired) electrons. The fraction of sp³-hybridized carbons (Fsp3) is 0. The number of nitrogens with zero attached hydrogens (tertiary/aromatic N) is 1. The lowest BCUT2D eigenvalue weighted by Gasteiger charge is -2.26.